The topological polar surface area (TPSA) is 83.8 Å². The van der Waals surface area contributed by atoms with Gasteiger partial charge < -0.3 is 9.84 Å². The summed E-state index contributed by atoms with van der Waals surface area (Å²) in [5, 5.41) is 9.89. The molecule has 5 nitrogen and oxygen atoms in total. The molecular weight excluding hydrogens is 328 g/mol. The Morgan fingerprint density at radius 2 is 1.50 bits per heavy atom. The predicted molar refractivity (Wildman–Crippen MR) is 94.7 cm³/mol. The van der Waals surface area contributed by atoms with Crippen molar-refractivity contribution in [1.29, 1.82) is 0 Å². The SMILES string of the molecule is CCCCCCCCCCCC(O)Oc1ccccc1S(=O)(=O)O. The van der Waals surface area contributed by atoms with Gasteiger partial charge in [-0.25, -0.2) is 0 Å². The van der Waals surface area contributed by atoms with Gasteiger partial charge in [0.1, 0.15) is 10.6 Å². The average molecular weight is 359 g/mol. The number of hydrogen-bond donors (Lipinski definition) is 2. The Balaban J connectivity index is 2.22. The number of ether oxygens (including phenoxy) is 1. The Labute approximate surface area is 145 Å². The second-order valence-corrected chi connectivity index (χ2v) is 7.50. The maximum Gasteiger partial charge on any atom is 0.298 e. The second-order valence-electron chi connectivity index (χ2n) is 6.11. The molecule has 0 amide bonds. The fraction of sp³-hybridized carbons (Fsp3) is 0.667. The minimum Gasteiger partial charge on any atom is -0.464 e. The number of aliphatic hydroxyl groups excluding tert-OH is 1. The lowest BCUT2D eigenvalue weighted by Crippen LogP contribution is -2.17. The zero-order valence-corrected chi connectivity index (χ0v) is 15.3. The Hall–Kier alpha value is -1.11. The van der Waals surface area contributed by atoms with Gasteiger partial charge in [-0.05, 0) is 18.6 Å². The molecule has 0 saturated heterocycles. The van der Waals surface area contributed by atoms with E-state index in [1.807, 2.05) is 0 Å². The summed E-state index contributed by atoms with van der Waals surface area (Å²) in [7, 11) is -4.36. The number of aliphatic hydroxyl groups is 1. The third kappa shape index (κ3) is 8.66. The van der Waals surface area contributed by atoms with Crippen LogP contribution in [-0.4, -0.2) is 24.4 Å². The van der Waals surface area contributed by atoms with E-state index in [4.69, 9.17) is 9.29 Å². The molecule has 0 aliphatic rings. The Morgan fingerprint density at radius 3 is 2.08 bits per heavy atom. The molecule has 6 heteroatoms. The fourth-order valence-electron chi connectivity index (χ4n) is 2.60. The maximum atomic E-state index is 11.3. The van der Waals surface area contributed by atoms with Crippen molar-refractivity contribution in [3.8, 4) is 5.75 Å². The van der Waals surface area contributed by atoms with Crippen LogP contribution < -0.4 is 4.74 Å². The van der Waals surface area contributed by atoms with Crippen LogP contribution in [0.15, 0.2) is 29.2 Å². The summed E-state index contributed by atoms with van der Waals surface area (Å²) in [6.07, 6.45) is 10.0. The van der Waals surface area contributed by atoms with E-state index in [-0.39, 0.29) is 10.6 Å². The Bertz CT molecular complexity index is 556. The van der Waals surface area contributed by atoms with Gasteiger partial charge in [0.15, 0.2) is 6.29 Å². The molecule has 138 valence electrons. The van der Waals surface area contributed by atoms with Crippen LogP contribution in [-0.2, 0) is 10.1 Å². The lowest BCUT2D eigenvalue weighted by Gasteiger charge is -2.15. The van der Waals surface area contributed by atoms with Crippen LogP contribution in [0.25, 0.3) is 0 Å². The molecule has 2 N–H and O–H groups in total. The quantitative estimate of drug-likeness (QED) is 0.307. The van der Waals surface area contributed by atoms with E-state index >= 15 is 0 Å². The number of rotatable bonds is 13. The van der Waals surface area contributed by atoms with Crippen molar-refractivity contribution in [1.82, 2.24) is 0 Å². The summed E-state index contributed by atoms with van der Waals surface area (Å²) in [6.45, 7) is 2.21. The minimum atomic E-state index is -4.36. The summed E-state index contributed by atoms with van der Waals surface area (Å²) in [6, 6.07) is 5.75. The molecule has 0 spiro atoms. The summed E-state index contributed by atoms with van der Waals surface area (Å²) < 4.78 is 36.9. The van der Waals surface area contributed by atoms with Crippen LogP contribution in [0.2, 0.25) is 0 Å². The first-order valence-corrected chi connectivity index (χ1v) is 10.3. The number of benzene rings is 1. The van der Waals surface area contributed by atoms with Crippen molar-refractivity contribution in [2.45, 2.75) is 82.3 Å². The van der Waals surface area contributed by atoms with E-state index in [1.54, 1.807) is 6.07 Å². The van der Waals surface area contributed by atoms with Crippen molar-refractivity contribution in [2.75, 3.05) is 0 Å². The largest absolute Gasteiger partial charge is 0.464 e. The molecule has 1 atom stereocenters. The van der Waals surface area contributed by atoms with Gasteiger partial charge in [-0.2, -0.15) is 8.42 Å². The highest BCUT2D eigenvalue weighted by atomic mass is 32.2. The van der Waals surface area contributed by atoms with Gasteiger partial charge in [-0.15, -0.1) is 0 Å². The average Bonchev–Trinajstić information content (AvgIpc) is 2.53. The Kier molecular flexibility index (Phi) is 9.98. The first-order valence-electron chi connectivity index (χ1n) is 8.86. The standard InChI is InChI=1S/C18H30O5S/c1-2-3-4-5-6-7-8-9-10-15-18(19)23-16-13-11-12-14-17(16)24(20,21)22/h11-14,18-19H,2-10,15H2,1H3,(H,20,21,22). The zero-order chi connectivity index (χ0) is 17.8. The molecule has 0 fully saturated rings. The van der Waals surface area contributed by atoms with E-state index in [2.05, 4.69) is 6.92 Å². The second kappa shape index (κ2) is 11.4. The van der Waals surface area contributed by atoms with Crippen molar-refractivity contribution in [2.24, 2.45) is 0 Å². The molecule has 0 aromatic heterocycles. The minimum absolute atomic E-state index is 0.0246. The normalized spacial score (nSPS) is 13.0. The monoisotopic (exact) mass is 358 g/mol. The van der Waals surface area contributed by atoms with Gasteiger partial charge >= 0.3 is 0 Å². The third-order valence-corrected chi connectivity index (χ3v) is 4.84. The van der Waals surface area contributed by atoms with Crippen molar-refractivity contribution in [3.05, 3.63) is 24.3 Å². The molecule has 0 bridgehead atoms. The lowest BCUT2D eigenvalue weighted by atomic mass is 10.1. The molecule has 0 radical (unpaired) electrons. The van der Waals surface area contributed by atoms with E-state index in [1.165, 1.54) is 56.7 Å². The predicted octanol–water partition coefficient (Wildman–Crippen LogP) is 4.55. The highest BCUT2D eigenvalue weighted by Crippen LogP contribution is 2.24. The summed E-state index contributed by atoms with van der Waals surface area (Å²) in [5.41, 5.74) is 0. The van der Waals surface area contributed by atoms with Crippen molar-refractivity contribution in [3.63, 3.8) is 0 Å². The van der Waals surface area contributed by atoms with Crippen LogP contribution in [0.5, 0.6) is 5.75 Å². The fourth-order valence-corrected chi connectivity index (χ4v) is 3.22. The van der Waals surface area contributed by atoms with Gasteiger partial charge in [-0.1, -0.05) is 70.4 Å². The summed E-state index contributed by atoms with van der Waals surface area (Å²) in [4.78, 5) is -0.323. The Morgan fingerprint density at radius 1 is 0.958 bits per heavy atom. The van der Waals surface area contributed by atoms with Gasteiger partial charge in [0.25, 0.3) is 10.1 Å². The molecule has 0 aliphatic carbocycles. The number of unbranched alkanes of at least 4 members (excludes halogenated alkanes) is 8. The highest BCUT2D eigenvalue weighted by molar-refractivity contribution is 7.86. The molecule has 24 heavy (non-hydrogen) atoms. The number of hydrogen-bond acceptors (Lipinski definition) is 4. The van der Waals surface area contributed by atoms with Crippen LogP contribution in [0.4, 0.5) is 0 Å². The molecule has 1 aromatic carbocycles. The molecule has 0 aliphatic heterocycles. The van der Waals surface area contributed by atoms with Crippen LogP contribution in [0.1, 0.15) is 71.1 Å². The van der Waals surface area contributed by atoms with Gasteiger partial charge in [0.05, 0.1) is 0 Å². The summed E-state index contributed by atoms with van der Waals surface area (Å²) >= 11 is 0. The van der Waals surface area contributed by atoms with Crippen LogP contribution in [0, 0.1) is 0 Å². The van der Waals surface area contributed by atoms with Crippen LogP contribution in [0.3, 0.4) is 0 Å². The zero-order valence-electron chi connectivity index (χ0n) is 14.5. The summed E-state index contributed by atoms with van der Waals surface area (Å²) in [5.74, 6) is -0.0246. The van der Waals surface area contributed by atoms with Crippen LogP contribution >= 0.6 is 0 Å². The molecule has 0 saturated carbocycles. The first-order chi connectivity index (χ1) is 11.4. The lowest BCUT2D eigenvalue weighted by molar-refractivity contribution is -0.0266. The highest BCUT2D eigenvalue weighted by Gasteiger charge is 2.18. The van der Waals surface area contributed by atoms with Crippen molar-refractivity contribution >= 4 is 10.1 Å². The maximum absolute atomic E-state index is 11.3. The van der Waals surface area contributed by atoms with E-state index in [0.29, 0.717) is 6.42 Å². The molecule has 1 unspecified atom stereocenters. The van der Waals surface area contributed by atoms with Gasteiger partial charge in [0.2, 0.25) is 0 Å². The third-order valence-electron chi connectivity index (χ3n) is 3.94. The van der Waals surface area contributed by atoms with E-state index in [9.17, 15) is 13.5 Å². The molecule has 1 rings (SSSR count). The van der Waals surface area contributed by atoms with Gasteiger partial charge in [-0.3, -0.25) is 4.55 Å². The van der Waals surface area contributed by atoms with Gasteiger partial charge in [0, 0.05) is 6.42 Å². The van der Waals surface area contributed by atoms with E-state index < -0.39 is 16.4 Å². The molecule has 0 heterocycles. The molecule has 1 aromatic rings. The first kappa shape index (κ1) is 20.9. The van der Waals surface area contributed by atoms with Crippen molar-refractivity contribution < 1.29 is 22.8 Å². The molecular formula is C18H30O5S. The smallest absolute Gasteiger partial charge is 0.298 e. The van der Waals surface area contributed by atoms with E-state index in [0.717, 1.165) is 19.3 Å². The number of para-hydroxylation sites is 1.